The third kappa shape index (κ3) is 9.41. The molecule has 9 heteroatoms. The van der Waals surface area contributed by atoms with Gasteiger partial charge < -0.3 is 25.3 Å². The van der Waals surface area contributed by atoms with Crippen LogP contribution in [0.15, 0.2) is 24.3 Å². The van der Waals surface area contributed by atoms with Crippen LogP contribution < -0.4 is 15.4 Å². The van der Waals surface area contributed by atoms with E-state index in [9.17, 15) is 20.0 Å². The zero-order valence-corrected chi connectivity index (χ0v) is 17.9. The van der Waals surface area contributed by atoms with Crippen molar-refractivity contribution in [3.63, 3.8) is 0 Å². The predicted octanol–water partition coefficient (Wildman–Crippen LogP) is 1.99. The highest BCUT2D eigenvalue weighted by Crippen LogP contribution is 2.21. The Balaban J connectivity index is 1.69. The molecule has 0 saturated heterocycles. The van der Waals surface area contributed by atoms with Crippen LogP contribution in [0.1, 0.15) is 52.0 Å². The average Bonchev–Trinajstić information content (AvgIpc) is 2.66. The highest BCUT2D eigenvalue weighted by molar-refractivity contribution is 5.78. The van der Waals surface area contributed by atoms with Gasteiger partial charge >= 0.3 is 0 Å². The number of aliphatic hydroxyl groups is 1. The maximum atomic E-state index is 12.3. The molecule has 0 aliphatic heterocycles. The molecule has 1 aliphatic carbocycles. The van der Waals surface area contributed by atoms with Gasteiger partial charge in [-0.2, -0.15) is 0 Å². The van der Waals surface area contributed by atoms with Crippen molar-refractivity contribution in [2.24, 2.45) is 0 Å². The van der Waals surface area contributed by atoms with Crippen molar-refractivity contribution in [1.29, 1.82) is 0 Å². The molecule has 9 nitrogen and oxygen atoms in total. The van der Waals surface area contributed by atoms with Crippen LogP contribution in [0.5, 0.6) is 5.75 Å². The van der Waals surface area contributed by atoms with Crippen molar-refractivity contribution in [3.8, 4) is 5.75 Å². The summed E-state index contributed by atoms with van der Waals surface area (Å²) in [4.78, 5) is 27.2. The first-order chi connectivity index (χ1) is 14.1. The average molecular weight is 424 g/mol. The van der Waals surface area contributed by atoms with Crippen molar-refractivity contribution < 1.29 is 24.6 Å². The Morgan fingerprint density at radius 1 is 1.23 bits per heavy atom. The molecule has 0 aromatic heterocycles. The second kappa shape index (κ2) is 11.1. The molecule has 1 saturated carbocycles. The van der Waals surface area contributed by atoms with E-state index in [1.54, 1.807) is 12.1 Å². The summed E-state index contributed by atoms with van der Waals surface area (Å²) in [5, 5.41) is 25.8. The van der Waals surface area contributed by atoms with Crippen LogP contribution in [-0.2, 0) is 16.1 Å². The number of carbonyl (C=O) groups is 1. The van der Waals surface area contributed by atoms with E-state index in [-0.39, 0.29) is 36.6 Å². The lowest BCUT2D eigenvalue weighted by atomic mass is 9.93. The lowest BCUT2D eigenvalue weighted by molar-refractivity contribution is -0.769. The molecule has 1 aromatic carbocycles. The lowest BCUT2D eigenvalue weighted by Gasteiger charge is -2.27. The van der Waals surface area contributed by atoms with E-state index in [1.165, 1.54) is 0 Å². The van der Waals surface area contributed by atoms with E-state index in [0.717, 1.165) is 5.56 Å². The van der Waals surface area contributed by atoms with Crippen molar-refractivity contribution >= 4 is 5.91 Å². The normalized spacial score (nSPS) is 20.3. The molecule has 2 rings (SSSR count). The Morgan fingerprint density at radius 3 is 2.43 bits per heavy atom. The maximum absolute atomic E-state index is 12.3. The Labute approximate surface area is 177 Å². The number of amides is 1. The van der Waals surface area contributed by atoms with Crippen LogP contribution in [0.25, 0.3) is 0 Å². The number of ether oxygens (including phenoxy) is 1. The highest BCUT2D eigenvalue weighted by Gasteiger charge is 2.24. The SMILES string of the molecule is CC(C)(C)NCC(O)COc1ccc(CC(=O)NC2CCC(O[N+](=O)[O-])CC2)cc1. The first-order valence-electron chi connectivity index (χ1n) is 10.4. The van der Waals surface area contributed by atoms with Crippen molar-refractivity contribution in [3.05, 3.63) is 39.9 Å². The van der Waals surface area contributed by atoms with Crippen LogP contribution >= 0.6 is 0 Å². The fourth-order valence-electron chi connectivity index (χ4n) is 3.28. The smallest absolute Gasteiger partial charge is 0.294 e. The molecule has 1 aliphatic rings. The van der Waals surface area contributed by atoms with E-state index in [4.69, 9.17) is 4.74 Å². The summed E-state index contributed by atoms with van der Waals surface area (Å²) < 4.78 is 5.60. The molecule has 3 N–H and O–H groups in total. The standard InChI is InChI=1S/C21H33N3O6/c1-21(2,3)22-13-17(25)14-29-18-8-4-15(5-9-18)12-20(26)23-16-6-10-19(11-7-16)30-24(27)28/h4-5,8-9,16-17,19,22,25H,6-7,10-14H2,1-3H3,(H,23,26). The second-order valence-electron chi connectivity index (χ2n) is 8.79. The van der Waals surface area contributed by atoms with Crippen LogP contribution in [0, 0.1) is 10.1 Å². The predicted molar refractivity (Wildman–Crippen MR) is 112 cm³/mol. The van der Waals surface area contributed by atoms with E-state index in [2.05, 4.69) is 15.5 Å². The van der Waals surface area contributed by atoms with Crippen molar-refractivity contribution in [2.45, 2.75) is 76.7 Å². The summed E-state index contributed by atoms with van der Waals surface area (Å²) in [7, 11) is 0. The van der Waals surface area contributed by atoms with Crippen LogP contribution in [0.3, 0.4) is 0 Å². The molecule has 1 atom stereocenters. The molecule has 0 radical (unpaired) electrons. The summed E-state index contributed by atoms with van der Waals surface area (Å²) in [6.45, 7) is 6.73. The lowest BCUT2D eigenvalue weighted by Crippen LogP contribution is -2.42. The fourth-order valence-corrected chi connectivity index (χ4v) is 3.28. The van der Waals surface area contributed by atoms with Gasteiger partial charge in [-0.1, -0.05) is 12.1 Å². The van der Waals surface area contributed by atoms with Crippen molar-refractivity contribution in [1.82, 2.24) is 10.6 Å². The zero-order valence-electron chi connectivity index (χ0n) is 17.9. The molecule has 0 bridgehead atoms. The van der Waals surface area contributed by atoms with Gasteiger partial charge in [-0.25, -0.2) is 0 Å². The van der Waals surface area contributed by atoms with Gasteiger partial charge in [0.25, 0.3) is 5.09 Å². The number of carbonyl (C=O) groups excluding carboxylic acids is 1. The Hall–Kier alpha value is -2.39. The summed E-state index contributed by atoms with van der Waals surface area (Å²) in [5.74, 6) is 0.559. The van der Waals surface area contributed by atoms with Gasteiger partial charge in [-0.05, 0) is 64.2 Å². The Morgan fingerprint density at radius 2 is 1.87 bits per heavy atom. The van der Waals surface area contributed by atoms with Crippen LogP contribution in [-0.4, -0.2) is 53.0 Å². The fraction of sp³-hybridized carbons (Fsp3) is 0.667. The number of nitrogens with zero attached hydrogens (tertiary/aromatic N) is 1. The third-order valence-corrected chi connectivity index (χ3v) is 4.87. The largest absolute Gasteiger partial charge is 0.491 e. The van der Waals surface area contributed by atoms with Gasteiger partial charge in [0.2, 0.25) is 5.91 Å². The van der Waals surface area contributed by atoms with E-state index in [1.807, 2.05) is 32.9 Å². The third-order valence-electron chi connectivity index (χ3n) is 4.87. The first kappa shape index (κ1) is 23.9. The van der Waals surface area contributed by atoms with Gasteiger partial charge in [-0.15, -0.1) is 10.1 Å². The number of hydrogen-bond donors (Lipinski definition) is 3. The molecule has 1 amide bonds. The number of hydrogen-bond acceptors (Lipinski definition) is 7. The molecule has 0 heterocycles. The van der Waals surface area contributed by atoms with Gasteiger partial charge in [0.1, 0.15) is 24.6 Å². The molecule has 30 heavy (non-hydrogen) atoms. The highest BCUT2D eigenvalue weighted by atomic mass is 17.0. The summed E-state index contributed by atoms with van der Waals surface area (Å²) in [6.07, 6.45) is 1.74. The van der Waals surface area contributed by atoms with E-state index in [0.29, 0.717) is 38.0 Å². The molecule has 1 aromatic rings. The molecular weight excluding hydrogens is 390 g/mol. The molecular formula is C21H33N3O6. The molecule has 1 unspecified atom stereocenters. The number of rotatable bonds is 10. The van der Waals surface area contributed by atoms with Gasteiger partial charge in [-0.3, -0.25) is 4.79 Å². The summed E-state index contributed by atoms with van der Waals surface area (Å²) in [5.41, 5.74) is 0.797. The quantitative estimate of drug-likeness (QED) is 0.388. The number of aliphatic hydroxyl groups excluding tert-OH is 1. The van der Waals surface area contributed by atoms with Gasteiger partial charge in [0, 0.05) is 18.1 Å². The van der Waals surface area contributed by atoms with E-state index < -0.39 is 11.2 Å². The summed E-state index contributed by atoms with van der Waals surface area (Å²) in [6, 6.07) is 7.25. The second-order valence-corrected chi connectivity index (χ2v) is 8.79. The summed E-state index contributed by atoms with van der Waals surface area (Å²) >= 11 is 0. The Kier molecular flexibility index (Phi) is 8.86. The van der Waals surface area contributed by atoms with Crippen LogP contribution in [0.2, 0.25) is 0 Å². The maximum Gasteiger partial charge on any atom is 0.294 e. The minimum atomic E-state index is -0.750. The van der Waals surface area contributed by atoms with E-state index >= 15 is 0 Å². The Bertz CT molecular complexity index is 681. The molecule has 0 spiro atoms. The minimum absolute atomic E-state index is 0.0231. The monoisotopic (exact) mass is 423 g/mol. The first-order valence-corrected chi connectivity index (χ1v) is 10.4. The number of β-amino-alcohol motifs (C(OH)–C–C–N with tert-alkyl or cyclic N) is 1. The van der Waals surface area contributed by atoms with Crippen LogP contribution in [0.4, 0.5) is 0 Å². The topological polar surface area (TPSA) is 123 Å². The molecule has 1 fully saturated rings. The van der Waals surface area contributed by atoms with Gasteiger partial charge in [0.15, 0.2) is 0 Å². The van der Waals surface area contributed by atoms with Crippen molar-refractivity contribution in [2.75, 3.05) is 13.2 Å². The van der Waals surface area contributed by atoms with Gasteiger partial charge in [0.05, 0.1) is 6.42 Å². The number of benzene rings is 1. The zero-order chi connectivity index (χ0) is 22.1. The minimum Gasteiger partial charge on any atom is -0.491 e. The molecule has 168 valence electrons. The number of nitrogens with one attached hydrogen (secondary N) is 2.